The molecule has 1 aromatic heterocycles. The Kier molecular flexibility index (Phi) is 6.06. The first-order chi connectivity index (χ1) is 9.59. The maximum Gasteiger partial charge on any atom is 0.0333 e. The molecular weight excluding hydrogens is 264 g/mol. The van der Waals surface area contributed by atoms with Crippen molar-refractivity contribution in [3.8, 4) is 0 Å². The molecule has 0 fully saturated rings. The van der Waals surface area contributed by atoms with Crippen LogP contribution in [0, 0.1) is 5.92 Å². The third-order valence-corrected chi connectivity index (χ3v) is 5.42. The number of fused-ring (bicyclic) bond motifs is 1. The molecule has 0 saturated carbocycles. The molecule has 114 valence electrons. The summed E-state index contributed by atoms with van der Waals surface area (Å²) in [6, 6.07) is 3.62. The molecule has 2 heterocycles. The fraction of sp³-hybridized carbons (Fsp3) is 0.765. The molecule has 0 saturated heterocycles. The molecule has 2 atom stereocenters. The number of nitrogens with zero attached hydrogens (tertiary/aromatic N) is 1. The van der Waals surface area contributed by atoms with Crippen molar-refractivity contribution >= 4 is 11.3 Å². The van der Waals surface area contributed by atoms with E-state index in [2.05, 4.69) is 49.4 Å². The SMILES string of the molecule is CC(C)CNCCCC(C)N1CCc2sccc2C1C. The van der Waals surface area contributed by atoms with E-state index >= 15 is 0 Å². The van der Waals surface area contributed by atoms with Crippen LogP contribution in [0.1, 0.15) is 57.0 Å². The lowest BCUT2D eigenvalue weighted by atomic mass is 9.98. The molecular formula is C17H30N2S. The molecule has 1 aliphatic rings. The van der Waals surface area contributed by atoms with E-state index in [1.54, 1.807) is 10.4 Å². The van der Waals surface area contributed by atoms with E-state index < -0.39 is 0 Å². The van der Waals surface area contributed by atoms with Crippen molar-refractivity contribution in [2.24, 2.45) is 5.92 Å². The standard InChI is InChI=1S/C17H30N2S/c1-13(2)12-18-9-5-6-14(3)19-10-7-17-16(15(19)4)8-11-20-17/h8,11,13-15,18H,5-7,9-10,12H2,1-4H3. The summed E-state index contributed by atoms with van der Waals surface area (Å²) in [5.74, 6) is 0.756. The van der Waals surface area contributed by atoms with Crippen molar-refractivity contribution < 1.29 is 0 Å². The van der Waals surface area contributed by atoms with Crippen LogP contribution in [0.3, 0.4) is 0 Å². The average molecular weight is 295 g/mol. The monoisotopic (exact) mass is 294 g/mol. The smallest absolute Gasteiger partial charge is 0.0333 e. The first-order valence-electron chi connectivity index (χ1n) is 8.12. The number of hydrogen-bond acceptors (Lipinski definition) is 3. The Bertz CT molecular complexity index is 399. The molecule has 0 amide bonds. The Morgan fingerprint density at radius 3 is 2.95 bits per heavy atom. The lowest BCUT2D eigenvalue weighted by Crippen LogP contribution is -2.40. The summed E-state index contributed by atoms with van der Waals surface area (Å²) in [5.41, 5.74) is 1.58. The van der Waals surface area contributed by atoms with E-state index in [0.29, 0.717) is 12.1 Å². The number of nitrogens with one attached hydrogen (secondary N) is 1. The van der Waals surface area contributed by atoms with Gasteiger partial charge in [-0.05, 0) is 69.1 Å². The highest BCUT2D eigenvalue weighted by Gasteiger charge is 2.27. The third kappa shape index (κ3) is 4.06. The van der Waals surface area contributed by atoms with Gasteiger partial charge in [-0.2, -0.15) is 0 Å². The van der Waals surface area contributed by atoms with Crippen molar-refractivity contribution in [1.82, 2.24) is 10.2 Å². The van der Waals surface area contributed by atoms with Crippen LogP contribution in [0.5, 0.6) is 0 Å². The van der Waals surface area contributed by atoms with Crippen LogP contribution in [0.2, 0.25) is 0 Å². The molecule has 20 heavy (non-hydrogen) atoms. The zero-order valence-electron chi connectivity index (χ0n) is 13.5. The second-order valence-corrected chi connectivity index (χ2v) is 7.55. The van der Waals surface area contributed by atoms with Crippen LogP contribution in [-0.4, -0.2) is 30.6 Å². The van der Waals surface area contributed by atoms with Gasteiger partial charge in [0.05, 0.1) is 0 Å². The van der Waals surface area contributed by atoms with Crippen molar-refractivity contribution in [3.05, 3.63) is 21.9 Å². The van der Waals surface area contributed by atoms with Gasteiger partial charge in [0.2, 0.25) is 0 Å². The van der Waals surface area contributed by atoms with E-state index in [1.165, 1.54) is 25.8 Å². The molecule has 0 radical (unpaired) electrons. The highest BCUT2D eigenvalue weighted by atomic mass is 32.1. The maximum absolute atomic E-state index is 3.55. The van der Waals surface area contributed by atoms with E-state index in [4.69, 9.17) is 0 Å². The summed E-state index contributed by atoms with van der Waals surface area (Å²) in [5, 5.41) is 5.80. The van der Waals surface area contributed by atoms with Gasteiger partial charge in [0.1, 0.15) is 0 Å². The summed E-state index contributed by atoms with van der Waals surface area (Å²) in [6.07, 6.45) is 3.83. The van der Waals surface area contributed by atoms with Gasteiger partial charge in [0, 0.05) is 23.5 Å². The number of thiophene rings is 1. The first-order valence-corrected chi connectivity index (χ1v) is 9.00. The van der Waals surface area contributed by atoms with Gasteiger partial charge in [0.15, 0.2) is 0 Å². The molecule has 3 heteroatoms. The summed E-state index contributed by atoms with van der Waals surface area (Å²) in [7, 11) is 0. The summed E-state index contributed by atoms with van der Waals surface area (Å²) < 4.78 is 0. The molecule has 0 bridgehead atoms. The van der Waals surface area contributed by atoms with Gasteiger partial charge >= 0.3 is 0 Å². The van der Waals surface area contributed by atoms with Gasteiger partial charge in [-0.15, -0.1) is 11.3 Å². The van der Waals surface area contributed by atoms with Crippen molar-refractivity contribution in [2.75, 3.05) is 19.6 Å². The van der Waals surface area contributed by atoms with Crippen molar-refractivity contribution in [1.29, 1.82) is 0 Å². The van der Waals surface area contributed by atoms with Crippen LogP contribution in [-0.2, 0) is 6.42 Å². The molecule has 2 nitrogen and oxygen atoms in total. The third-order valence-electron chi connectivity index (χ3n) is 4.42. The van der Waals surface area contributed by atoms with Gasteiger partial charge in [-0.25, -0.2) is 0 Å². The Labute approximate surface area is 128 Å². The summed E-state index contributed by atoms with van der Waals surface area (Å²) in [4.78, 5) is 4.30. The molecule has 1 N–H and O–H groups in total. The number of rotatable bonds is 7. The fourth-order valence-corrected chi connectivity index (χ4v) is 4.17. The van der Waals surface area contributed by atoms with Crippen LogP contribution >= 0.6 is 11.3 Å². The molecule has 2 unspecified atom stereocenters. The predicted octanol–water partition coefficient (Wildman–Crippen LogP) is 4.08. The summed E-state index contributed by atoms with van der Waals surface area (Å²) in [6.45, 7) is 12.8. The Balaban J connectivity index is 1.75. The fourth-order valence-electron chi connectivity index (χ4n) is 3.21. The first kappa shape index (κ1) is 16.0. The zero-order chi connectivity index (χ0) is 14.5. The topological polar surface area (TPSA) is 15.3 Å². The minimum atomic E-state index is 0.601. The highest BCUT2D eigenvalue weighted by Crippen LogP contribution is 2.34. The van der Waals surface area contributed by atoms with E-state index in [-0.39, 0.29) is 0 Å². The highest BCUT2D eigenvalue weighted by molar-refractivity contribution is 7.10. The Hall–Kier alpha value is -0.380. The van der Waals surface area contributed by atoms with Crippen LogP contribution in [0.4, 0.5) is 0 Å². The van der Waals surface area contributed by atoms with Gasteiger partial charge in [0.25, 0.3) is 0 Å². The molecule has 1 aliphatic heterocycles. The lowest BCUT2D eigenvalue weighted by Gasteiger charge is -2.38. The van der Waals surface area contributed by atoms with E-state index in [9.17, 15) is 0 Å². The average Bonchev–Trinajstić information content (AvgIpc) is 2.87. The molecule has 0 aliphatic carbocycles. The van der Waals surface area contributed by atoms with Crippen molar-refractivity contribution in [2.45, 2.75) is 59.0 Å². The predicted molar refractivity (Wildman–Crippen MR) is 89.5 cm³/mol. The van der Waals surface area contributed by atoms with Crippen LogP contribution in [0.25, 0.3) is 0 Å². The van der Waals surface area contributed by atoms with E-state index in [1.807, 2.05) is 11.3 Å². The molecule has 0 spiro atoms. The van der Waals surface area contributed by atoms with Gasteiger partial charge in [-0.3, -0.25) is 4.90 Å². The minimum Gasteiger partial charge on any atom is -0.316 e. The second-order valence-electron chi connectivity index (χ2n) is 6.55. The largest absolute Gasteiger partial charge is 0.316 e. The number of hydrogen-bond donors (Lipinski definition) is 1. The van der Waals surface area contributed by atoms with Crippen molar-refractivity contribution in [3.63, 3.8) is 0 Å². The molecule has 2 rings (SSSR count). The lowest BCUT2D eigenvalue weighted by molar-refractivity contribution is 0.137. The maximum atomic E-state index is 3.55. The minimum absolute atomic E-state index is 0.601. The Morgan fingerprint density at radius 2 is 2.20 bits per heavy atom. The van der Waals surface area contributed by atoms with Gasteiger partial charge < -0.3 is 5.32 Å². The van der Waals surface area contributed by atoms with Crippen LogP contribution in [0.15, 0.2) is 11.4 Å². The Morgan fingerprint density at radius 1 is 1.40 bits per heavy atom. The van der Waals surface area contributed by atoms with Gasteiger partial charge in [-0.1, -0.05) is 13.8 Å². The normalized spacial score (nSPS) is 21.1. The van der Waals surface area contributed by atoms with E-state index in [0.717, 1.165) is 19.0 Å². The zero-order valence-corrected chi connectivity index (χ0v) is 14.3. The molecule has 0 aromatic carbocycles. The summed E-state index contributed by atoms with van der Waals surface area (Å²) >= 11 is 1.93. The van der Waals surface area contributed by atoms with Crippen LogP contribution < -0.4 is 5.32 Å². The quantitative estimate of drug-likeness (QED) is 0.762. The molecule has 1 aromatic rings. The second kappa shape index (κ2) is 7.58.